The van der Waals surface area contributed by atoms with E-state index in [1.165, 1.54) is 6.26 Å². The van der Waals surface area contributed by atoms with E-state index in [-0.39, 0.29) is 11.2 Å². The topological polar surface area (TPSA) is 57.9 Å². The van der Waals surface area contributed by atoms with Crippen LogP contribution < -0.4 is 0 Å². The van der Waals surface area contributed by atoms with Crippen LogP contribution in [0, 0.1) is 17.2 Å². The van der Waals surface area contributed by atoms with E-state index < -0.39 is 9.84 Å². The molecule has 1 aliphatic carbocycles. The molecule has 0 saturated heterocycles. The molecule has 0 aliphatic heterocycles. The van der Waals surface area contributed by atoms with Gasteiger partial charge in [0.05, 0.1) is 17.2 Å². The second-order valence-corrected chi connectivity index (χ2v) is 4.60. The van der Waals surface area contributed by atoms with Crippen molar-refractivity contribution in [3.8, 4) is 6.07 Å². The second kappa shape index (κ2) is 1.71. The standard InChI is InChI=1S/C5H7NO2S/c1-9(7,8)5-2-4(5)3-6/h4-5H,2H2,1H3/t4-,5-/m1/s1. The van der Waals surface area contributed by atoms with Crippen LogP contribution in [0.15, 0.2) is 0 Å². The fourth-order valence-electron chi connectivity index (χ4n) is 0.781. The third-order valence-electron chi connectivity index (χ3n) is 1.45. The Bertz CT molecular complexity index is 249. The van der Waals surface area contributed by atoms with Gasteiger partial charge in [0.15, 0.2) is 9.84 Å². The van der Waals surface area contributed by atoms with Crippen molar-refractivity contribution in [2.75, 3.05) is 6.26 Å². The second-order valence-electron chi connectivity index (χ2n) is 2.34. The van der Waals surface area contributed by atoms with Gasteiger partial charge in [0.2, 0.25) is 0 Å². The lowest BCUT2D eigenvalue weighted by Gasteiger charge is -1.86. The van der Waals surface area contributed by atoms with Gasteiger partial charge in [-0.2, -0.15) is 5.26 Å². The summed E-state index contributed by atoms with van der Waals surface area (Å²) in [7, 11) is -2.91. The summed E-state index contributed by atoms with van der Waals surface area (Å²) in [6.07, 6.45) is 1.71. The van der Waals surface area contributed by atoms with Crippen LogP contribution in [0.2, 0.25) is 0 Å². The molecular weight excluding hydrogens is 138 g/mol. The molecule has 0 unspecified atom stereocenters. The van der Waals surface area contributed by atoms with Gasteiger partial charge in [-0.05, 0) is 6.42 Å². The number of sulfone groups is 1. The fourth-order valence-corrected chi connectivity index (χ4v) is 2.00. The Morgan fingerprint density at radius 2 is 2.22 bits per heavy atom. The summed E-state index contributed by atoms with van der Waals surface area (Å²) in [6.45, 7) is 0. The van der Waals surface area contributed by atoms with Crippen LogP contribution in [0.5, 0.6) is 0 Å². The average Bonchev–Trinajstić information content (AvgIpc) is 2.39. The monoisotopic (exact) mass is 145 g/mol. The highest BCUT2D eigenvalue weighted by Gasteiger charge is 2.45. The molecule has 0 aromatic rings. The molecule has 9 heavy (non-hydrogen) atoms. The summed E-state index contributed by atoms with van der Waals surface area (Å²) in [5, 5.41) is 7.87. The molecule has 0 radical (unpaired) electrons. The van der Waals surface area contributed by atoms with E-state index in [1.54, 1.807) is 0 Å². The van der Waals surface area contributed by atoms with Gasteiger partial charge in [0, 0.05) is 6.26 Å². The zero-order valence-electron chi connectivity index (χ0n) is 5.03. The Hall–Kier alpha value is -0.560. The Kier molecular flexibility index (Phi) is 1.24. The number of nitrogens with zero attached hydrogens (tertiary/aromatic N) is 1. The van der Waals surface area contributed by atoms with E-state index >= 15 is 0 Å². The molecule has 1 aliphatic rings. The van der Waals surface area contributed by atoms with Gasteiger partial charge < -0.3 is 0 Å². The summed E-state index contributed by atoms with van der Waals surface area (Å²) in [4.78, 5) is 0. The molecule has 0 spiro atoms. The Labute approximate surface area is 54.2 Å². The lowest BCUT2D eigenvalue weighted by atomic mass is 10.5. The van der Waals surface area contributed by atoms with Gasteiger partial charge in [-0.1, -0.05) is 0 Å². The van der Waals surface area contributed by atoms with Crippen LogP contribution in [0.1, 0.15) is 6.42 Å². The van der Waals surface area contributed by atoms with Gasteiger partial charge in [0.1, 0.15) is 0 Å². The summed E-state index contributed by atoms with van der Waals surface area (Å²) >= 11 is 0. The first kappa shape index (κ1) is 6.56. The lowest BCUT2D eigenvalue weighted by molar-refractivity contribution is 0.599. The third kappa shape index (κ3) is 1.22. The number of nitriles is 1. The van der Waals surface area contributed by atoms with Gasteiger partial charge in [0.25, 0.3) is 0 Å². The molecule has 4 heteroatoms. The van der Waals surface area contributed by atoms with Crippen molar-refractivity contribution < 1.29 is 8.42 Å². The van der Waals surface area contributed by atoms with Crippen molar-refractivity contribution in [3.63, 3.8) is 0 Å². The van der Waals surface area contributed by atoms with Crippen LogP contribution in [0.4, 0.5) is 0 Å². The van der Waals surface area contributed by atoms with E-state index in [0.717, 1.165) is 0 Å². The summed E-state index contributed by atoms with van der Waals surface area (Å²) in [5.41, 5.74) is 0. The minimum Gasteiger partial charge on any atom is -0.229 e. The fraction of sp³-hybridized carbons (Fsp3) is 0.800. The predicted octanol–water partition coefficient (Wildman–Crippen LogP) is -0.0569. The molecule has 0 aromatic heterocycles. The molecule has 0 heterocycles. The zero-order valence-corrected chi connectivity index (χ0v) is 5.85. The van der Waals surface area contributed by atoms with Gasteiger partial charge in [-0.15, -0.1) is 0 Å². The van der Waals surface area contributed by atoms with Crippen molar-refractivity contribution in [2.45, 2.75) is 11.7 Å². The number of hydrogen-bond acceptors (Lipinski definition) is 3. The normalized spacial score (nSPS) is 33.3. The van der Waals surface area contributed by atoms with Crippen molar-refractivity contribution in [3.05, 3.63) is 0 Å². The summed E-state index contributed by atoms with van der Waals surface area (Å²) in [5.74, 6) is -0.222. The van der Waals surface area contributed by atoms with E-state index in [1.807, 2.05) is 6.07 Å². The first-order valence-electron chi connectivity index (χ1n) is 2.64. The first-order chi connectivity index (χ1) is 4.05. The average molecular weight is 145 g/mol. The molecule has 0 aromatic carbocycles. The third-order valence-corrected chi connectivity index (χ3v) is 3.07. The maximum absolute atomic E-state index is 10.6. The Morgan fingerprint density at radius 1 is 1.67 bits per heavy atom. The van der Waals surface area contributed by atoms with Crippen molar-refractivity contribution in [1.29, 1.82) is 5.26 Å². The highest BCUT2D eigenvalue weighted by atomic mass is 32.2. The van der Waals surface area contributed by atoms with Crippen molar-refractivity contribution in [1.82, 2.24) is 0 Å². The van der Waals surface area contributed by atoms with Gasteiger partial charge in [-0.3, -0.25) is 0 Å². The Morgan fingerprint density at radius 3 is 2.33 bits per heavy atom. The van der Waals surface area contributed by atoms with Crippen LogP contribution >= 0.6 is 0 Å². The summed E-state index contributed by atoms with van der Waals surface area (Å²) in [6, 6.07) is 1.92. The van der Waals surface area contributed by atoms with Gasteiger partial charge >= 0.3 is 0 Å². The van der Waals surface area contributed by atoms with Crippen LogP contribution in [-0.4, -0.2) is 19.9 Å². The molecule has 3 nitrogen and oxygen atoms in total. The smallest absolute Gasteiger partial charge is 0.151 e. The molecule has 1 rings (SSSR count). The van der Waals surface area contributed by atoms with Gasteiger partial charge in [-0.25, -0.2) is 8.42 Å². The molecule has 1 fully saturated rings. The maximum atomic E-state index is 10.6. The SMILES string of the molecule is CS(=O)(=O)[C@@H]1C[C@@H]1C#N. The molecule has 1 saturated carbocycles. The molecule has 50 valence electrons. The highest BCUT2D eigenvalue weighted by Crippen LogP contribution is 2.35. The minimum absolute atomic E-state index is 0.222. The summed E-state index contributed by atoms with van der Waals surface area (Å²) < 4.78 is 21.2. The van der Waals surface area contributed by atoms with Crippen LogP contribution in [-0.2, 0) is 9.84 Å². The quantitative estimate of drug-likeness (QED) is 0.519. The molecule has 2 atom stereocenters. The van der Waals surface area contributed by atoms with Crippen molar-refractivity contribution >= 4 is 9.84 Å². The zero-order chi connectivity index (χ0) is 7.07. The predicted molar refractivity (Wildman–Crippen MR) is 32.4 cm³/mol. The van der Waals surface area contributed by atoms with Crippen LogP contribution in [0.3, 0.4) is 0 Å². The molecule has 0 amide bonds. The van der Waals surface area contributed by atoms with Crippen molar-refractivity contribution in [2.24, 2.45) is 5.92 Å². The minimum atomic E-state index is -2.91. The largest absolute Gasteiger partial charge is 0.229 e. The molecular formula is C5H7NO2S. The molecule has 0 bridgehead atoms. The van der Waals surface area contributed by atoms with E-state index in [2.05, 4.69) is 0 Å². The van der Waals surface area contributed by atoms with E-state index in [9.17, 15) is 8.42 Å². The van der Waals surface area contributed by atoms with E-state index in [4.69, 9.17) is 5.26 Å². The number of hydrogen-bond donors (Lipinski definition) is 0. The maximum Gasteiger partial charge on any atom is 0.151 e. The Balaban J connectivity index is 2.66. The van der Waals surface area contributed by atoms with Crippen LogP contribution in [0.25, 0.3) is 0 Å². The first-order valence-corrected chi connectivity index (χ1v) is 4.59. The lowest BCUT2D eigenvalue weighted by Crippen LogP contribution is -2.04. The highest BCUT2D eigenvalue weighted by molar-refractivity contribution is 7.91. The number of rotatable bonds is 1. The van der Waals surface area contributed by atoms with E-state index in [0.29, 0.717) is 6.42 Å². The molecule has 0 N–H and O–H groups in total.